The monoisotopic (exact) mass is 499 g/mol. The van der Waals surface area contributed by atoms with Crippen molar-refractivity contribution in [2.24, 2.45) is 0 Å². The van der Waals surface area contributed by atoms with Crippen LogP contribution in [0.15, 0.2) is 47.8 Å². The first-order chi connectivity index (χ1) is 18.1. The lowest BCUT2D eigenvalue weighted by Crippen LogP contribution is -2.48. The molecule has 0 aliphatic carbocycles. The number of nitrogens with one attached hydrogen (secondary N) is 3. The maximum absolute atomic E-state index is 12.5. The fourth-order valence-corrected chi connectivity index (χ4v) is 5.41. The zero-order valence-corrected chi connectivity index (χ0v) is 21.2. The number of ether oxygens (including phenoxy) is 1. The van der Waals surface area contributed by atoms with Crippen molar-refractivity contribution in [1.82, 2.24) is 20.5 Å². The van der Waals surface area contributed by atoms with E-state index in [-0.39, 0.29) is 6.03 Å². The highest BCUT2D eigenvalue weighted by Gasteiger charge is 2.31. The lowest BCUT2D eigenvalue weighted by Gasteiger charge is -2.38. The van der Waals surface area contributed by atoms with E-state index in [1.54, 1.807) is 18.1 Å². The summed E-state index contributed by atoms with van der Waals surface area (Å²) < 4.78 is 5.53. The zero-order valence-electron chi connectivity index (χ0n) is 21.2. The first kappa shape index (κ1) is 24.8. The number of hydrogen-bond acceptors (Lipinski definition) is 6. The minimum absolute atomic E-state index is 0.138. The standard InChI is InChI=1S/C28H33N7O2/c1-31-28(36)34-12-7-25(33-21-8-13-37-14-9-21)23(18-34)27(30)35-11-4-5-19-15-22(20(17-29)16-26(19)35)24-6-2-3-10-32-24/h2-3,6,10,15-16,21,30,33H,4-5,7-9,11-14,18H2,1H3,(H,31,36). The van der Waals surface area contributed by atoms with Crippen molar-refractivity contribution in [3.8, 4) is 17.3 Å². The number of aromatic nitrogens is 1. The van der Waals surface area contributed by atoms with E-state index >= 15 is 0 Å². The summed E-state index contributed by atoms with van der Waals surface area (Å²) in [5.41, 5.74) is 6.00. The van der Waals surface area contributed by atoms with Crippen LogP contribution in [0.25, 0.3) is 11.3 Å². The molecule has 1 aromatic heterocycles. The lowest BCUT2D eigenvalue weighted by molar-refractivity contribution is 0.0798. The van der Waals surface area contributed by atoms with Gasteiger partial charge in [0.05, 0.1) is 23.9 Å². The number of amides is 2. The molecule has 3 aliphatic rings. The smallest absolute Gasteiger partial charge is 0.317 e. The Morgan fingerprint density at radius 1 is 1.22 bits per heavy atom. The van der Waals surface area contributed by atoms with Gasteiger partial charge in [-0.2, -0.15) is 5.26 Å². The van der Waals surface area contributed by atoms with Crippen LogP contribution < -0.4 is 15.5 Å². The van der Waals surface area contributed by atoms with Gasteiger partial charge >= 0.3 is 6.03 Å². The van der Waals surface area contributed by atoms with Crippen LogP contribution in [0.1, 0.15) is 36.8 Å². The van der Waals surface area contributed by atoms with Gasteiger partial charge in [-0.1, -0.05) is 6.07 Å². The quantitative estimate of drug-likeness (QED) is 0.438. The molecule has 1 saturated heterocycles. The molecule has 4 heterocycles. The predicted molar refractivity (Wildman–Crippen MR) is 142 cm³/mol. The van der Waals surface area contributed by atoms with Crippen LogP contribution in [0.2, 0.25) is 0 Å². The minimum Gasteiger partial charge on any atom is -0.385 e. The van der Waals surface area contributed by atoms with E-state index in [9.17, 15) is 15.5 Å². The van der Waals surface area contributed by atoms with Gasteiger partial charge in [0.2, 0.25) is 0 Å². The number of fused-ring (bicyclic) bond motifs is 1. The maximum atomic E-state index is 12.5. The van der Waals surface area contributed by atoms with Crippen molar-refractivity contribution in [2.75, 3.05) is 44.8 Å². The Bertz CT molecular complexity index is 1250. The first-order valence-corrected chi connectivity index (χ1v) is 13.0. The Balaban J connectivity index is 1.50. The predicted octanol–water partition coefficient (Wildman–Crippen LogP) is 3.42. The van der Waals surface area contributed by atoms with Gasteiger partial charge < -0.3 is 25.2 Å². The number of aryl methyl sites for hydroxylation is 1. The third-order valence-corrected chi connectivity index (χ3v) is 7.40. The Hall–Kier alpha value is -3.90. The molecule has 0 atom stereocenters. The van der Waals surface area contributed by atoms with Crippen LogP contribution >= 0.6 is 0 Å². The van der Waals surface area contributed by atoms with Gasteiger partial charge in [-0.25, -0.2) is 4.79 Å². The average Bonchev–Trinajstić information content (AvgIpc) is 2.96. The number of pyridine rings is 1. The number of rotatable bonds is 4. The molecule has 3 N–H and O–H groups in total. The molecule has 9 heteroatoms. The molecule has 5 rings (SSSR count). The van der Waals surface area contributed by atoms with Crippen LogP contribution in [-0.2, 0) is 11.2 Å². The van der Waals surface area contributed by atoms with Crippen molar-refractivity contribution in [2.45, 2.75) is 38.1 Å². The Morgan fingerprint density at radius 3 is 2.78 bits per heavy atom. The van der Waals surface area contributed by atoms with E-state index in [0.717, 1.165) is 72.7 Å². The van der Waals surface area contributed by atoms with Gasteiger partial charge in [0.1, 0.15) is 5.84 Å². The lowest BCUT2D eigenvalue weighted by atomic mass is 9.93. The molecule has 3 aliphatic heterocycles. The number of nitriles is 1. The van der Waals surface area contributed by atoms with Crippen molar-refractivity contribution < 1.29 is 9.53 Å². The van der Waals surface area contributed by atoms with Gasteiger partial charge in [-0.15, -0.1) is 0 Å². The van der Waals surface area contributed by atoms with Crippen molar-refractivity contribution in [3.63, 3.8) is 0 Å². The highest BCUT2D eigenvalue weighted by Crippen LogP contribution is 2.35. The van der Waals surface area contributed by atoms with E-state index in [0.29, 0.717) is 43.5 Å². The third-order valence-electron chi connectivity index (χ3n) is 7.40. The third kappa shape index (κ3) is 5.16. The van der Waals surface area contributed by atoms with Gasteiger partial charge in [0.25, 0.3) is 0 Å². The molecule has 0 unspecified atom stereocenters. The number of urea groups is 1. The molecule has 0 radical (unpaired) electrons. The van der Waals surface area contributed by atoms with Crippen LogP contribution in [0.4, 0.5) is 10.5 Å². The second kappa shape index (κ2) is 11.0. The van der Waals surface area contributed by atoms with Crippen LogP contribution in [-0.4, -0.2) is 67.7 Å². The average molecular weight is 500 g/mol. The summed E-state index contributed by atoms with van der Waals surface area (Å²) in [5, 5.41) is 25.7. The van der Waals surface area contributed by atoms with Gasteiger partial charge in [0, 0.05) is 74.5 Å². The molecule has 37 heavy (non-hydrogen) atoms. The highest BCUT2D eigenvalue weighted by molar-refractivity contribution is 6.09. The van der Waals surface area contributed by atoms with E-state index < -0.39 is 0 Å². The summed E-state index contributed by atoms with van der Waals surface area (Å²) in [6.45, 7) is 3.12. The van der Waals surface area contributed by atoms with Crippen molar-refractivity contribution in [3.05, 3.63) is 58.9 Å². The van der Waals surface area contributed by atoms with E-state index in [1.807, 2.05) is 29.2 Å². The molecule has 0 bridgehead atoms. The van der Waals surface area contributed by atoms with Gasteiger partial charge in [0.15, 0.2) is 0 Å². The van der Waals surface area contributed by atoms with Gasteiger partial charge in [-0.3, -0.25) is 10.4 Å². The number of nitrogens with zero attached hydrogens (tertiary/aromatic N) is 4. The largest absolute Gasteiger partial charge is 0.385 e. The molecule has 0 spiro atoms. The van der Waals surface area contributed by atoms with Crippen LogP contribution in [0.3, 0.4) is 0 Å². The van der Waals surface area contributed by atoms with Crippen LogP contribution in [0.5, 0.6) is 0 Å². The molecule has 2 amide bonds. The molecular weight excluding hydrogens is 466 g/mol. The fraction of sp³-hybridized carbons (Fsp3) is 0.429. The summed E-state index contributed by atoms with van der Waals surface area (Å²) in [5.74, 6) is 0.388. The second-order valence-electron chi connectivity index (χ2n) is 9.67. The highest BCUT2D eigenvalue weighted by atomic mass is 16.5. The number of hydrogen-bond donors (Lipinski definition) is 3. The number of anilines is 1. The Labute approximate surface area is 217 Å². The second-order valence-corrected chi connectivity index (χ2v) is 9.67. The summed E-state index contributed by atoms with van der Waals surface area (Å²) in [7, 11) is 1.64. The molecule has 1 fully saturated rings. The molecule has 192 valence electrons. The molecule has 1 aromatic carbocycles. The fourth-order valence-electron chi connectivity index (χ4n) is 5.41. The number of carbonyl (C=O) groups excluding carboxylic acids is 1. The van der Waals surface area contributed by atoms with E-state index in [4.69, 9.17) is 4.74 Å². The van der Waals surface area contributed by atoms with Crippen molar-refractivity contribution >= 4 is 17.6 Å². The maximum Gasteiger partial charge on any atom is 0.317 e. The van der Waals surface area contributed by atoms with Gasteiger partial charge in [-0.05, 0) is 55.5 Å². The number of amidine groups is 1. The van der Waals surface area contributed by atoms with Crippen LogP contribution in [0, 0.1) is 16.7 Å². The SMILES string of the molecule is CNC(=O)N1CCC(NC2CCOCC2)=C(C(=N)N2CCCc3cc(-c4ccccn4)c(C#N)cc32)C1. The van der Waals surface area contributed by atoms with E-state index in [1.165, 1.54) is 0 Å². The first-order valence-electron chi connectivity index (χ1n) is 13.0. The molecule has 2 aromatic rings. The number of carbonyl (C=O) groups is 1. The summed E-state index contributed by atoms with van der Waals surface area (Å²) in [4.78, 5) is 20.7. The minimum atomic E-state index is -0.138. The normalized spacial score (nSPS) is 18.2. The summed E-state index contributed by atoms with van der Waals surface area (Å²) >= 11 is 0. The van der Waals surface area contributed by atoms with Crippen molar-refractivity contribution in [1.29, 1.82) is 10.7 Å². The summed E-state index contributed by atoms with van der Waals surface area (Å²) in [6.07, 6.45) is 6.04. The molecular formula is C28H33N7O2. The summed E-state index contributed by atoms with van der Waals surface area (Å²) in [6, 6.07) is 12.2. The molecule has 0 saturated carbocycles. The zero-order chi connectivity index (χ0) is 25.8. The van der Waals surface area contributed by atoms with E-state index in [2.05, 4.69) is 27.8 Å². The number of benzene rings is 1. The topological polar surface area (TPSA) is 117 Å². The molecule has 9 nitrogen and oxygen atoms in total. The Kier molecular flexibility index (Phi) is 7.37. The Morgan fingerprint density at radius 2 is 2.05 bits per heavy atom.